The Morgan fingerprint density at radius 2 is 1.72 bits per heavy atom. The summed E-state index contributed by atoms with van der Waals surface area (Å²) in [5.74, 6) is -2.93. The fraction of sp³-hybridized carbons (Fsp3) is 0.105. The number of carbonyl (C=O) groups excluding carboxylic acids is 1. The van der Waals surface area contributed by atoms with Gasteiger partial charge in [0.05, 0.1) is 30.2 Å². The van der Waals surface area contributed by atoms with Gasteiger partial charge in [-0.1, -0.05) is 0 Å². The first-order valence-corrected chi connectivity index (χ1v) is 8.32. The Labute approximate surface area is 164 Å². The smallest absolute Gasteiger partial charge is 0.254 e. The van der Waals surface area contributed by atoms with Crippen molar-refractivity contribution in [2.75, 3.05) is 24.8 Å². The maximum Gasteiger partial charge on any atom is 0.254 e. The van der Waals surface area contributed by atoms with Crippen LogP contribution in [0.15, 0.2) is 42.7 Å². The highest BCUT2D eigenvalue weighted by Gasteiger charge is 2.18. The molecule has 2 heterocycles. The number of hydrogen-bond acceptors (Lipinski definition) is 6. The van der Waals surface area contributed by atoms with Crippen LogP contribution in [0.1, 0.15) is 10.4 Å². The van der Waals surface area contributed by atoms with Crippen molar-refractivity contribution in [2.24, 2.45) is 0 Å². The van der Waals surface area contributed by atoms with E-state index in [-0.39, 0.29) is 28.5 Å². The number of rotatable bonds is 6. The standard InChI is InChI=1S/C19H16F3N5O2/c1-23-19(28)11-9-25-16(27-15-6-3-10(20)8-24-15)7-14(11)26-13-5-4-12(21)17(22)18(13)29-2/h3-9H,1-2H3,(H,23,28)(H2,24,25,26,27). The molecular weight excluding hydrogens is 387 g/mol. The average molecular weight is 403 g/mol. The Bertz CT molecular complexity index is 1040. The number of nitrogens with one attached hydrogen (secondary N) is 3. The molecule has 0 fully saturated rings. The number of amides is 1. The van der Waals surface area contributed by atoms with E-state index in [1.54, 1.807) is 0 Å². The number of benzene rings is 1. The molecule has 7 nitrogen and oxygen atoms in total. The van der Waals surface area contributed by atoms with Crippen molar-refractivity contribution in [1.29, 1.82) is 0 Å². The van der Waals surface area contributed by atoms with Crippen LogP contribution in [0.2, 0.25) is 0 Å². The van der Waals surface area contributed by atoms with Gasteiger partial charge in [-0.3, -0.25) is 4.79 Å². The van der Waals surface area contributed by atoms with Crippen LogP contribution >= 0.6 is 0 Å². The van der Waals surface area contributed by atoms with Crippen molar-refractivity contribution < 1.29 is 22.7 Å². The molecule has 0 aliphatic carbocycles. The molecule has 0 radical (unpaired) electrons. The normalized spacial score (nSPS) is 10.4. The molecule has 10 heteroatoms. The number of ether oxygens (including phenoxy) is 1. The molecule has 3 N–H and O–H groups in total. The Balaban J connectivity index is 2.00. The third kappa shape index (κ3) is 4.37. The zero-order chi connectivity index (χ0) is 21.0. The maximum absolute atomic E-state index is 14.0. The number of hydrogen-bond donors (Lipinski definition) is 3. The molecule has 29 heavy (non-hydrogen) atoms. The van der Waals surface area contributed by atoms with E-state index in [4.69, 9.17) is 4.74 Å². The highest BCUT2D eigenvalue weighted by Crippen LogP contribution is 2.33. The number of nitrogens with zero attached hydrogens (tertiary/aromatic N) is 2. The summed E-state index contributed by atoms with van der Waals surface area (Å²) in [6, 6.07) is 6.31. The summed E-state index contributed by atoms with van der Waals surface area (Å²) < 4.78 is 45.4. The van der Waals surface area contributed by atoms with Gasteiger partial charge in [0.15, 0.2) is 11.6 Å². The summed E-state index contributed by atoms with van der Waals surface area (Å²) in [6.07, 6.45) is 2.33. The SMILES string of the molecule is CNC(=O)c1cnc(Nc2ccc(F)cn2)cc1Nc1ccc(F)c(F)c1OC. The van der Waals surface area contributed by atoms with Gasteiger partial charge in [-0.2, -0.15) is 4.39 Å². The van der Waals surface area contributed by atoms with E-state index in [1.807, 2.05) is 0 Å². The zero-order valence-electron chi connectivity index (χ0n) is 15.4. The van der Waals surface area contributed by atoms with Gasteiger partial charge < -0.3 is 20.7 Å². The average Bonchev–Trinajstić information content (AvgIpc) is 2.72. The predicted molar refractivity (Wildman–Crippen MR) is 101 cm³/mol. The van der Waals surface area contributed by atoms with Crippen LogP contribution < -0.4 is 20.7 Å². The molecule has 150 valence electrons. The molecule has 0 bridgehead atoms. The topological polar surface area (TPSA) is 88.2 Å². The van der Waals surface area contributed by atoms with Crippen LogP contribution in [0.3, 0.4) is 0 Å². The van der Waals surface area contributed by atoms with E-state index < -0.39 is 23.4 Å². The van der Waals surface area contributed by atoms with Crippen LogP contribution in [0, 0.1) is 17.5 Å². The Morgan fingerprint density at radius 3 is 2.38 bits per heavy atom. The van der Waals surface area contributed by atoms with Crippen molar-refractivity contribution in [2.45, 2.75) is 0 Å². The molecule has 0 atom stereocenters. The van der Waals surface area contributed by atoms with Crippen LogP contribution in [-0.4, -0.2) is 30.0 Å². The number of halogens is 3. The molecule has 0 unspecified atom stereocenters. The lowest BCUT2D eigenvalue weighted by Gasteiger charge is -2.16. The minimum Gasteiger partial charge on any atom is -0.491 e. The summed E-state index contributed by atoms with van der Waals surface area (Å²) in [5, 5.41) is 8.20. The molecule has 0 saturated carbocycles. The largest absolute Gasteiger partial charge is 0.491 e. The summed E-state index contributed by atoms with van der Waals surface area (Å²) in [4.78, 5) is 20.2. The first kappa shape index (κ1) is 19.9. The second-order valence-electron chi connectivity index (χ2n) is 5.75. The minimum atomic E-state index is -1.16. The fourth-order valence-electron chi connectivity index (χ4n) is 2.50. The van der Waals surface area contributed by atoms with Crippen molar-refractivity contribution in [1.82, 2.24) is 15.3 Å². The molecule has 3 aromatic rings. The molecule has 0 spiro atoms. The lowest BCUT2D eigenvalue weighted by molar-refractivity contribution is 0.0963. The van der Waals surface area contributed by atoms with Gasteiger partial charge in [0.25, 0.3) is 5.91 Å². The second-order valence-corrected chi connectivity index (χ2v) is 5.75. The monoisotopic (exact) mass is 403 g/mol. The lowest BCUT2D eigenvalue weighted by Crippen LogP contribution is -2.19. The first-order valence-electron chi connectivity index (χ1n) is 8.32. The van der Waals surface area contributed by atoms with Crippen molar-refractivity contribution >= 4 is 28.9 Å². The van der Waals surface area contributed by atoms with Crippen molar-refractivity contribution in [3.63, 3.8) is 0 Å². The molecule has 0 aliphatic heterocycles. The lowest BCUT2D eigenvalue weighted by atomic mass is 10.2. The molecule has 2 aromatic heterocycles. The van der Waals surface area contributed by atoms with E-state index in [1.165, 1.54) is 44.6 Å². The quantitative estimate of drug-likeness (QED) is 0.581. The van der Waals surface area contributed by atoms with Gasteiger partial charge in [-0.05, 0) is 24.3 Å². The summed E-state index contributed by atoms with van der Waals surface area (Å²) >= 11 is 0. The third-order valence-electron chi connectivity index (χ3n) is 3.88. The Morgan fingerprint density at radius 1 is 0.966 bits per heavy atom. The second kappa shape index (κ2) is 8.46. The fourth-order valence-corrected chi connectivity index (χ4v) is 2.50. The number of aromatic nitrogens is 2. The third-order valence-corrected chi connectivity index (χ3v) is 3.88. The van der Waals surface area contributed by atoms with Gasteiger partial charge in [-0.15, -0.1) is 0 Å². The first-order chi connectivity index (χ1) is 13.9. The van der Waals surface area contributed by atoms with Crippen LogP contribution in [0.4, 0.5) is 36.2 Å². The summed E-state index contributed by atoms with van der Waals surface area (Å²) in [7, 11) is 2.64. The summed E-state index contributed by atoms with van der Waals surface area (Å²) in [5.41, 5.74) is 0.499. The highest BCUT2D eigenvalue weighted by atomic mass is 19.2. The van der Waals surface area contributed by atoms with Crippen LogP contribution in [0.25, 0.3) is 0 Å². The van der Waals surface area contributed by atoms with Gasteiger partial charge >= 0.3 is 0 Å². The van der Waals surface area contributed by atoms with Crippen LogP contribution in [0.5, 0.6) is 5.75 Å². The number of carbonyl (C=O) groups is 1. The van der Waals surface area contributed by atoms with E-state index >= 15 is 0 Å². The van der Waals surface area contributed by atoms with Crippen molar-refractivity contribution in [3.8, 4) is 5.75 Å². The number of pyridine rings is 2. The molecular formula is C19H16F3N5O2. The van der Waals surface area contributed by atoms with E-state index in [9.17, 15) is 18.0 Å². The van der Waals surface area contributed by atoms with E-state index in [2.05, 4.69) is 25.9 Å². The van der Waals surface area contributed by atoms with Crippen LogP contribution in [-0.2, 0) is 0 Å². The number of anilines is 4. The van der Waals surface area contributed by atoms with Gasteiger partial charge in [-0.25, -0.2) is 18.7 Å². The molecule has 0 aliphatic rings. The molecule has 1 amide bonds. The maximum atomic E-state index is 14.0. The van der Waals surface area contributed by atoms with Gasteiger partial charge in [0.2, 0.25) is 5.82 Å². The molecule has 0 saturated heterocycles. The van der Waals surface area contributed by atoms with Crippen molar-refractivity contribution in [3.05, 3.63) is 65.7 Å². The Kier molecular flexibility index (Phi) is 5.82. The van der Waals surface area contributed by atoms with Gasteiger partial charge in [0.1, 0.15) is 17.5 Å². The van der Waals surface area contributed by atoms with E-state index in [0.29, 0.717) is 5.82 Å². The zero-order valence-corrected chi connectivity index (χ0v) is 15.4. The predicted octanol–water partition coefficient (Wildman–Crippen LogP) is 3.75. The van der Waals surface area contributed by atoms with E-state index in [0.717, 1.165) is 12.3 Å². The highest BCUT2D eigenvalue weighted by molar-refractivity contribution is 6.00. The summed E-state index contributed by atoms with van der Waals surface area (Å²) in [6.45, 7) is 0. The van der Waals surface area contributed by atoms with Gasteiger partial charge in [0, 0.05) is 19.3 Å². The number of methoxy groups -OCH3 is 1. The minimum absolute atomic E-state index is 0.105. The molecule has 3 rings (SSSR count). The molecule has 1 aromatic carbocycles. The Hall–Kier alpha value is -3.82.